The van der Waals surface area contributed by atoms with Crippen LogP contribution < -0.4 is 29.7 Å². The molecule has 2 saturated carbocycles. The number of likely N-dealkylation sites (N-methyl/N-ethyl adjacent to an activating group) is 1. The quantitative estimate of drug-likeness (QED) is 0.317. The lowest BCUT2D eigenvalue weighted by Crippen LogP contribution is -2.59. The molecule has 4 N–H and O–H groups in total. The lowest BCUT2D eigenvalue weighted by atomic mass is 9.88. The third-order valence-electron chi connectivity index (χ3n) is 11.7. The van der Waals surface area contributed by atoms with Gasteiger partial charge in [0, 0.05) is 36.4 Å². The molecule has 2 aliphatic carbocycles. The van der Waals surface area contributed by atoms with Gasteiger partial charge in [-0.15, -0.1) is 0 Å². The molecule has 15 nitrogen and oxygen atoms in total. The fraction of sp³-hybridized carbons (Fsp3) is 0.595. The van der Waals surface area contributed by atoms with Crippen molar-refractivity contribution in [1.82, 2.24) is 25.2 Å². The number of hydrogen-bond donors (Lipinski definition) is 4. The van der Waals surface area contributed by atoms with Crippen molar-refractivity contribution in [3.8, 4) is 11.6 Å². The number of carbonyl (C=O) groups excluding carboxylic acids is 3. The summed E-state index contributed by atoms with van der Waals surface area (Å²) in [7, 11) is -2.01. The van der Waals surface area contributed by atoms with Gasteiger partial charge in [0.25, 0.3) is 5.91 Å². The molecule has 53 heavy (non-hydrogen) atoms. The van der Waals surface area contributed by atoms with Crippen LogP contribution in [0.25, 0.3) is 10.8 Å². The number of pyridine rings is 1. The Morgan fingerprint density at radius 3 is 2.64 bits per heavy atom. The SMILES string of the molecule is C[C@@H]1CCC=C[C@@H]2C[C@@]2(C(=O)NS(=O)(=O)C2(C)CC2)NC(=O)[C@@H]2C[C@@H](Oc3nccc4c5c(ccc34)N(C)CCO5)CN2C(=O)[C@@H](NC(=O)O)[C@H](C)C1. The summed E-state index contributed by atoms with van der Waals surface area (Å²) in [5.74, 6) is -1.81. The van der Waals surface area contributed by atoms with E-state index in [-0.39, 0.29) is 31.2 Å². The minimum atomic E-state index is -4.00. The first-order valence-electron chi connectivity index (χ1n) is 18.4. The van der Waals surface area contributed by atoms with E-state index in [1.54, 1.807) is 13.1 Å². The molecule has 5 aliphatic rings. The molecule has 3 fully saturated rings. The average Bonchev–Trinajstić information content (AvgIpc) is 3.98. The number of anilines is 1. The summed E-state index contributed by atoms with van der Waals surface area (Å²) in [5, 5.41) is 16.5. The number of nitrogens with zero attached hydrogens (tertiary/aromatic N) is 3. The zero-order valence-electron chi connectivity index (χ0n) is 30.5. The van der Waals surface area contributed by atoms with Gasteiger partial charge in [0.2, 0.25) is 27.7 Å². The molecule has 1 aromatic heterocycles. The Morgan fingerprint density at radius 2 is 1.91 bits per heavy atom. The van der Waals surface area contributed by atoms with E-state index < -0.39 is 74.1 Å². The zero-order chi connectivity index (χ0) is 37.9. The van der Waals surface area contributed by atoms with Crippen molar-refractivity contribution in [1.29, 1.82) is 0 Å². The number of carboxylic acid groups (broad SMARTS) is 1. The molecule has 7 atom stereocenters. The first kappa shape index (κ1) is 36.7. The molecule has 1 aromatic carbocycles. The average molecular weight is 753 g/mol. The first-order chi connectivity index (χ1) is 25.1. The first-order valence-corrected chi connectivity index (χ1v) is 19.9. The van der Waals surface area contributed by atoms with Gasteiger partial charge in [-0.1, -0.05) is 26.0 Å². The molecule has 286 valence electrons. The molecule has 2 aromatic rings. The maximum Gasteiger partial charge on any atom is 0.405 e. The summed E-state index contributed by atoms with van der Waals surface area (Å²) >= 11 is 0. The Bertz CT molecular complexity index is 1970. The molecule has 16 heteroatoms. The van der Waals surface area contributed by atoms with Gasteiger partial charge in [-0.25, -0.2) is 18.2 Å². The van der Waals surface area contributed by atoms with Gasteiger partial charge in [-0.3, -0.25) is 19.1 Å². The van der Waals surface area contributed by atoms with Crippen LogP contribution in [0.1, 0.15) is 65.7 Å². The largest absolute Gasteiger partial charge is 0.489 e. The summed E-state index contributed by atoms with van der Waals surface area (Å²) in [6.45, 7) is 6.63. The van der Waals surface area contributed by atoms with Crippen molar-refractivity contribution in [3.05, 3.63) is 36.5 Å². The van der Waals surface area contributed by atoms with E-state index in [4.69, 9.17) is 9.47 Å². The number of ether oxygens (including phenoxy) is 2. The van der Waals surface area contributed by atoms with Crippen LogP contribution in [0.2, 0.25) is 0 Å². The van der Waals surface area contributed by atoms with E-state index in [1.165, 1.54) is 4.90 Å². The standard InChI is InChI=1S/C37H48N6O9S/c1-21-7-5-6-8-23-19-37(23,34(46)41-53(49,50)36(3)12-13-36)40-31(44)28-18-24(20-43(28)33(45)29(22(2)17-21)39-35(47)48)52-32-26-9-10-27-30(25(26)11-14-38-32)51-16-15-42(27)4/h6,8-11,14,21-24,28-29,39H,5,7,12-13,15-20H2,1-4H3,(H,40,44)(H,41,46)(H,47,48)/t21-,22-,23-,24-,28+,29+,37-/m1/s1. The molecular formula is C37H48N6O9S. The van der Waals surface area contributed by atoms with E-state index >= 15 is 0 Å². The second-order valence-corrected chi connectivity index (χ2v) is 18.0. The number of hydrogen-bond acceptors (Lipinski definition) is 10. The maximum absolute atomic E-state index is 14.4. The molecule has 0 spiro atoms. The number of nitrogens with one attached hydrogen (secondary N) is 3. The van der Waals surface area contributed by atoms with Gasteiger partial charge in [0.05, 0.1) is 23.5 Å². The van der Waals surface area contributed by atoms with Crippen molar-refractivity contribution >= 4 is 50.3 Å². The van der Waals surface area contributed by atoms with Crippen LogP contribution in [0.3, 0.4) is 0 Å². The number of aromatic nitrogens is 1. The van der Waals surface area contributed by atoms with Gasteiger partial charge >= 0.3 is 6.09 Å². The third-order valence-corrected chi connectivity index (χ3v) is 13.9. The lowest BCUT2D eigenvalue weighted by molar-refractivity contribution is -0.142. The Morgan fingerprint density at radius 1 is 1.13 bits per heavy atom. The highest BCUT2D eigenvalue weighted by molar-refractivity contribution is 7.91. The van der Waals surface area contributed by atoms with Crippen LogP contribution in [0.4, 0.5) is 10.5 Å². The Labute approximate surface area is 308 Å². The summed E-state index contributed by atoms with van der Waals surface area (Å²) < 4.78 is 40.0. The highest BCUT2D eigenvalue weighted by atomic mass is 32.2. The molecule has 1 saturated heterocycles. The predicted octanol–water partition coefficient (Wildman–Crippen LogP) is 2.93. The van der Waals surface area contributed by atoms with Crippen LogP contribution in [0.15, 0.2) is 36.5 Å². The fourth-order valence-corrected chi connectivity index (χ4v) is 9.34. The van der Waals surface area contributed by atoms with Crippen molar-refractivity contribution in [2.75, 3.05) is 31.6 Å². The summed E-state index contributed by atoms with van der Waals surface area (Å²) in [6, 6.07) is 3.35. The van der Waals surface area contributed by atoms with Crippen LogP contribution in [-0.4, -0.2) is 102 Å². The number of allylic oxidation sites excluding steroid dienone is 1. The number of sulfonamides is 1. The predicted molar refractivity (Wildman–Crippen MR) is 195 cm³/mol. The van der Waals surface area contributed by atoms with E-state index in [0.717, 1.165) is 24.0 Å². The zero-order valence-corrected chi connectivity index (χ0v) is 31.3. The fourth-order valence-electron chi connectivity index (χ4n) is 8.03. The van der Waals surface area contributed by atoms with E-state index in [9.17, 15) is 32.7 Å². The van der Waals surface area contributed by atoms with Gasteiger partial charge < -0.3 is 35.0 Å². The van der Waals surface area contributed by atoms with Crippen molar-refractivity contribution in [3.63, 3.8) is 0 Å². The van der Waals surface area contributed by atoms with Crippen molar-refractivity contribution in [2.24, 2.45) is 17.8 Å². The molecule has 0 unspecified atom stereocenters. The smallest absolute Gasteiger partial charge is 0.405 e. The lowest BCUT2D eigenvalue weighted by Gasteiger charge is -2.32. The van der Waals surface area contributed by atoms with Gasteiger partial charge in [-0.05, 0) is 75.5 Å². The molecular weight excluding hydrogens is 705 g/mol. The second kappa shape index (κ2) is 13.7. The molecule has 4 amide bonds. The Balaban J connectivity index is 1.22. The number of carbonyl (C=O) groups is 4. The van der Waals surface area contributed by atoms with E-state index in [2.05, 4.69) is 25.2 Å². The summed E-state index contributed by atoms with van der Waals surface area (Å²) in [6.07, 6.45) is 6.29. The van der Waals surface area contributed by atoms with E-state index in [0.29, 0.717) is 43.4 Å². The second-order valence-electron chi connectivity index (χ2n) is 15.8. The van der Waals surface area contributed by atoms with Crippen LogP contribution in [-0.2, 0) is 24.4 Å². The normalized spacial score (nSPS) is 31.1. The van der Waals surface area contributed by atoms with Crippen LogP contribution in [0, 0.1) is 17.8 Å². The molecule has 3 aliphatic heterocycles. The molecule has 7 rings (SSSR count). The number of amides is 4. The van der Waals surface area contributed by atoms with Crippen molar-refractivity contribution < 1.29 is 42.2 Å². The third kappa shape index (κ3) is 6.97. The van der Waals surface area contributed by atoms with Gasteiger partial charge in [0.1, 0.15) is 30.3 Å². The van der Waals surface area contributed by atoms with Gasteiger partial charge in [0.15, 0.2) is 5.75 Å². The van der Waals surface area contributed by atoms with Crippen molar-refractivity contribution in [2.45, 2.75) is 94.2 Å². The maximum atomic E-state index is 14.4. The van der Waals surface area contributed by atoms with Gasteiger partial charge in [-0.2, -0.15) is 0 Å². The monoisotopic (exact) mass is 752 g/mol. The Kier molecular flexibility index (Phi) is 9.48. The number of rotatable bonds is 6. The van der Waals surface area contributed by atoms with Crippen LogP contribution >= 0.6 is 0 Å². The Hall–Kier alpha value is -4.60. The molecule has 4 heterocycles. The minimum Gasteiger partial charge on any atom is -0.489 e. The minimum absolute atomic E-state index is 0.0129. The number of fused-ring (bicyclic) bond motifs is 5. The molecule has 0 radical (unpaired) electrons. The highest BCUT2D eigenvalue weighted by Gasteiger charge is 2.63. The highest BCUT2D eigenvalue weighted by Crippen LogP contribution is 2.48. The van der Waals surface area contributed by atoms with E-state index in [1.807, 2.05) is 51.2 Å². The summed E-state index contributed by atoms with van der Waals surface area (Å²) in [5.41, 5.74) is -0.610. The molecule has 0 bridgehead atoms. The number of benzene rings is 1. The van der Waals surface area contributed by atoms with Crippen LogP contribution in [0.5, 0.6) is 11.6 Å². The summed E-state index contributed by atoms with van der Waals surface area (Å²) in [4.78, 5) is 62.6. The topological polar surface area (TPSA) is 197 Å².